The molecule has 2 aliphatic heterocycles. The van der Waals surface area contributed by atoms with E-state index in [9.17, 15) is 9.59 Å². The maximum Gasteiger partial charge on any atom is 0.229 e. The monoisotopic (exact) mass is 395 g/mol. The maximum atomic E-state index is 12.9. The number of nitrogens with zero attached hydrogens (tertiary/aromatic N) is 5. The summed E-state index contributed by atoms with van der Waals surface area (Å²) in [4.78, 5) is 28.5. The molecule has 7 heteroatoms. The molecule has 0 saturated carbocycles. The van der Waals surface area contributed by atoms with Crippen molar-refractivity contribution in [2.45, 2.75) is 51.5 Å². The predicted molar refractivity (Wildman–Crippen MR) is 109 cm³/mol. The quantitative estimate of drug-likeness (QED) is 0.799. The molecule has 3 heterocycles. The van der Waals surface area contributed by atoms with Gasteiger partial charge in [-0.1, -0.05) is 30.3 Å². The zero-order valence-corrected chi connectivity index (χ0v) is 17.3. The Kier molecular flexibility index (Phi) is 5.65. The summed E-state index contributed by atoms with van der Waals surface area (Å²) in [6.07, 6.45) is 2.56. The van der Waals surface area contributed by atoms with Crippen molar-refractivity contribution in [3.63, 3.8) is 0 Å². The van der Waals surface area contributed by atoms with Crippen LogP contribution < -0.4 is 0 Å². The lowest BCUT2D eigenvalue weighted by atomic mass is 9.93. The van der Waals surface area contributed by atoms with E-state index in [0.717, 1.165) is 56.1 Å². The van der Waals surface area contributed by atoms with E-state index in [1.54, 1.807) is 6.92 Å². The number of piperidine rings is 1. The fraction of sp³-hybridized carbons (Fsp3) is 0.545. The molecule has 7 nitrogen and oxygen atoms in total. The summed E-state index contributed by atoms with van der Waals surface area (Å²) in [6, 6.07) is 9.98. The van der Waals surface area contributed by atoms with Crippen molar-refractivity contribution >= 4 is 11.8 Å². The van der Waals surface area contributed by atoms with Gasteiger partial charge in [-0.3, -0.25) is 9.59 Å². The zero-order valence-electron chi connectivity index (χ0n) is 17.3. The molecule has 2 aliphatic rings. The van der Waals surface area contributed by atoms with Gasteiger partial charge in [-0.2, -0.15) is 0 Å². The van der Waals surface area contributed by atoms with Crippen molar-refractivity contribution in [2.24, 2.45) is 0 Å². The van der Waals surface area contributed by atoms with Crippen molar-refractivity contribution < 1.29 is 9.59 Å². The number of aromatic nitrogens is 3. The van der Waals surface area contributed by atoms with Gasteiger partial charge in [0, 0.05) is 52.0 Å². The zero-order chi connectivity index (χ0) is 20.4. The first-order valence-corrected chi connectivity index (χ1v) is 10.6. The second-order valence-electron chi connectivity index (χ2n) is 8.11. The van der Waals surface area contributed by atoms with Gasteiger partial charge in [0.25, 0.3) is 0 Å². The summed E-state index contributed by atoms with van der Waals surface area (Å²) in [5, 5.41) is 8.89. The number of benzene rings is 1. The Balaban J connectivity index is 1.39. The van der Waals surface area contributed by atoms with Crippen LogP contribution in [0, 0.1) is 0 Å². The number of amides is 2. The molecule has 29 heavy (non-hydrogen) atoms. The highest BCUT2D eigenvalue weighted by molar-refractivity contribution is 5.83. The Labute approximate surface area is 171 Å². The molecule has 0 bridgehead atoms. The van der Waals surface area contributed by atoms with Crippen LogP contribution in [0.4, 0.5) is 0 Å². The van der Waals surface area contributed by atoms with E-state index in [4.69, 9.17) is 0 Å². The summed E-state index contributed by atoms with van der Waals surface area (Å²) in [7, 11) is 0. The molecule has 0 radical (unpaired) electrons. The lowest BCUT2D eigenvalue weighted by Crippen LogP contribution is -2.40. The molecule has 2 aromatic rings. The number of carbonyl (C=O) groups excluding carboxylic acids is 2. The van der Waals surface area contributed by atoms with Crippen LogP contribution >= 0.6 is 0 Å². The fourth-order valence-electron chi connectivity index (χ4n) is 4.48. The lowest BCUT2D eigenvalue weighted by molar-refractivity contribution is -0.133. The molecule has 0 aliphatic carbocycles. The SMILES string of the molecule is CC(=O)N1CCc2nnc(C3CCN(C(=O)[C@@H](C)c4ccccc4)CC3)n2CC1. The maximum absolute atomic E-state index is 12.9. The minimum absolute atomic E-state index is 0.115. The number of fused-ring (bicyclic) bond motifs is 1. The molecule has 0 N–H and O–H groups in total. The molecule has 1 saturated heterocycles. The van der Waals surface area contributed by atoms with Crippen LogP contribution in [0.15, 0.2) is 30.3 Å². The summed E-state index contributed by atoms with van der Waals surface area (Å²) >= 11 is 0. The van der Waals surface area contributed by atoms with Crippen LogP contribution in [0.5, 0.6) is 0 Å². The van der Waals surface area contributed by atoms with E-state index in [1.807, 2.05) is 47.1 Å². The van der Waals surface area contributed by atoms with Crippen molar-refractivity contribution in [1.82, 2.24) is 24.6 Å². The number of carbonyl (C=O) groups is 2. The van der Waals surface area contributed by atoms with Gasteiger partial charge in [-0.15, -0.1) is 10.2 Å². The van der Waals surface area contributed by atoms with E-state index >= 15 is 0 Å². The topological polar surface area (TPSA) is 71.3 Å². The number of likely N-dealkylation sites (tertiary alicyclic amines) is 1. The van der Waals surface area contributed by atoms with Crippen molar-refractivity contribution in [3.8, 4) is 0 Å². The number of rotatable bonds is 3. The third kappa shape index (κ3) is 4.04. The summed E-state index contributed by atoms with van der Waals surface area (Å²) in [5.74, 6) is 2.51. The van der Waals surface area contributed by atoms with Gasteiger partial charge in [0.1, 0.15) is 11.6 Å². The fourth-order valence-corrected chi connectivity index (χ4v) is 4.48. The first kappa shape index (κ1) is 19.6. The van der Waals surface area contributed by atoms with E-state index in [0.29, 0.717) is 19.0 Å². The Hall–Kier alpha value is -2.70. The normalized spacial score (nSPS) is 18.8. The van der Waals surface area contributed by atoms with E-state index < -0.39 is 0 Å². The van der Waals surface area contributed by atoms with Crippen LogP contribution in [0.1, 0.15) is 55.7 Å². The second-order valence-corrected chi connectivity index (χ2v) is 8.11. The molecule has 0 unspecified atom stereocenters. The van der Waals surface area contributed by atoms with E-state index in [1.165, 1.54) is 0 Å². The van der Waals surface area contributed by atoms with E-state index in [-0.39, 0.29) is 17.7 Å². The van der Waals surface area contributed by atoms with Gasteiger partial charge < -0.3 is 14.4 Å². The molecular weight excluding hydrogens is 366 g/mol. The average molecular weight is 396 g/mol. The van der Waals surface area contributed by atoms with Crippen molar-refractivity contribution in [3.05, 3.63) is 47.5 Å². The molecule has 2 amide bonds. The van der Waals surface area contributed by atoms with Gasteiger partial charge in [0.15, 0.2) is 0 Å². The minimum atomic E-state index is -0.116. The Morgan fingerprint density at radius 3 is 2.38 bits per heavy atom. The summed E-state index contributed by atoms with van der Waals surface area (Å²) < 4.78 is 2.21. The largest absolute Gasteiger partial charge is 0.342 e. The van der Waals surface area contributed by atoms with E-state index in [2.05, 4.69) is 14.8 Å². The molecule has 0 spiro atoms. The lowest BCUT2D eigenvalue weighted by Gasteiger charge is -2.33. The van der Waals surface area contributed by atoms with Gasteiger partial charge in [0.05, 0.1) is 5.92 Å². The van der Waals surface area contributed by atoms with Crippen LogP contribution in [0.2, 0.25) is 0 Å². The number of hydrogen-bond donors (Lipinski definition) is 0. The minimum Gasteiger partial charge on any atom is -0.342 e. The molecule has 154 valence electrons. The third-order valence-electron chi connectivity index (χ3n) is 6.34. The molecule has 1 aromatic carbocycles. The average Bonchev–Trinajstić information content (AvgIpc) is 3.03. The highest BCUT2D eigenvalue weighted by Crippen LogP contribution is 2.30. The predicted octanol–water partition coefficient (Wildman–Crippen LogP) is 2.19. The Morgan fingerprint density at radius 2 is 1.69 bits per heavy atom. The highest BCUT2D eigenvalue weighted by atomic mass is 16.2. The number of hydrogen-bond acceptors (Lipinski definition) is 4. The Bertz CT molecular complexity index is 871. The van der Waals surface area contributed by atoms with Crippen molar-refractivity contribution in [1.29, 1.82) is 0 Å². The van der Waals surface area contributed by atoms with Crippen LogP contribution in [-0.4, -0.2) is 62.6 Å². The molecule has 1 aromatic heterocycles. The summed E-state index contributed by atoms with van der Waals surface area (Å²) in [6.45, 7) is 7.28. The summed E-state index contributed by atoms with van der Waals surface area (Å²) in [5.41, 5.74) is 1.07. The van der Waals surface area contributed by atoms with Crippen LogP contribution in [-0.2, 0) is 22.6 Å². The van der Waals surface area contributed by atoms with Gasteiger partial charge in [-0.05, 0) is 25.3 Å². The molecule has 1 atom stereocenters. The molecule has 4 rings (SSSR count). The molecule has 1 fully saturated rings. The second kappa shape index (κ2) is 8.35. The van der Waals surface area contributed by atoms with Crippen LogP contribution in [0.3, 0.4) is 0 Å². The molecular formula is C22H29N5O2. The van der Waals surface area contributed by atoms with Crippen LogP contribution in [0.25, 0.3) is 0 Å². The standard InChI is InChI=1S/C22H29N5O2/c1-16(18-6-4-3-5-7-18)22(29)26-11-8-19(9-12-26)21-24-23-20-10-13-25(17(2)28)14-15-27(20)21/h3-7,16,19H,8-15H2,1-2H3/t16-/m0/s1. The smallest absolute Gasteiger partial charge is 0.229 e. The first-order valence-electron chi connectivity index (χ1n) is 10.6. The van der Waals surface area contributed by atoms with Gasteiger partial charge in [-0.25, -0.2) is 0 Å². The first-order chi connectivity index (χ1) is 14.0. The van der Waals surface area contributed by atoms with Crippen molar-refractivity contribution in [2.75, 3.05) is 26.2 Å². The Morgan fingerprint density at radius 1 is 0.966 bits per heavy atom. The highest BCUT2D eigenvalue weighted by Gasteiger charge is 2.31. The van der Waals surface area contributed by atoms with Gasteiger partial charge >= 0.3 is 0 Å². The third-order valence-corrected chi connectivity index (χ3v) is 6.34. The van der Waals surface area contributed by atoms with Gasteiger partial charge in [0.2, 0.25) is 11.8 Å².